The number of carbonyl (C=O) groups is 2. The normalized spacial score (nSPS) is 17.6. The van der Waals surface area contributed by atoms with Gasteiger partial charge in [-0.1, -0.05) is 48.5 Å². The van der Waals surface area contributed by atoms with Gasteiger partial charge in [-0.2, -0.15) is 0 Å². The van der Waals surface area contributed by atoms with Crippen LogP contribution in [0.25, 0.3) is 16.5 Å². The summed E-state index contributed by atoms with van der Waals surface area (Å²) < 4.78 is 10.9. The second-order valence-electron chi connectivity index (χ2n) is 8.60. The van der Waals surface area contributed by atoms with E-state index in [0.717, 1.165) is 16.3 Å². The largest absolute Gasteiger partial charge is 0.507 e. The van der Waals surface area contributed by atoms with Gasteiger partial charge in [0, 0.05) is 18.7 Å². The Bertz CT molecular complexity index is 1230. The van der Waals surface area contributed by atoms with Crippen LogP contribution in [0.2, 0.25) is 0 Å². The highest BCUT2D eigenvalue weighted by Gasteiger charge is 2.45. The molecular weight excluding hydrogens is 430 g/mol. The fourth-order valence-corrected chi connectivity index (χ4v) is 4.29. The first-order valence-corrected chi connectivity index (χ1v) is 11.4. The predicted octanol–water partition coefficient (Wildman–Crippen LogP) is 5.09. The SMILES string of the molecule is COc1ccc(C2/C(=C(/O)c3ccc4ccccc4c3)C(=O)C(=O)N2CCCOC(C)C)cc1. The molecule has 1 fully saturated rings. The summed E-state index contributed by atoms with van der Waals surface area (Å²) in [7, 11) is 1.58. The Hall–Kier alpha value is -3.64. The van der Waals surface area contributed by atoms with E-state index in [4.69, 9.17) is 9.47 Å². The summed E-state index contributed by atoms with van der Waals surface area (Å²) in [6, 6.07) is 19.8. The summed E-state index contributed by atoms with van der Waals surface area (Å²) in [5.41, 5.74) is 1.32. The first-order valence-electron chi connectivity index (χ1n) is 11.4. The molecule has 0 radical (unpaired) electrons. The van der Waals surface area contributed by atoms with E-state index < -0.39 is 17.7 Å². The molecule has 1 aliphatic rings. The number of rotatable bonds is 8. The average molecular weight is 460 g/mol. The summed E-state index contributed by atoms with van der Waals surface area (Å²) in [6.07, 6.45) is 0.661. The van der Waals surface area contributed by atoms with Crippen LogP contribution in [-0.4, -0.2) is 48.1 Å². The van der Waals surface area contributed by atoms with Crippen LogP contribution < -0.4 is 4.74 Å². The van der Waals surface area contributed by atoms with Crippen molar-refractivity contribution in [2.24, 2.45) is 0 Å². The monoisotopic (exact) mass is 459 g/mol. The van der Waals surface area contributed by atoms with Crippen LogP contribution in [0.1, 0.15) is 37.4 Å². The second-order valence-corrected chi connectivity index (χ2v) is 8.60. The average Bonchev–Trinajstić information content (AvgIpc) is 3.10. The molecule has 34 heavy (non-hydrogen) atoms. The number of amides is 1. The molecule has 3 aromatic rings. The first kappa shape index (κ1) is 23.5. The smallest absolute Gasteiger partial charge is 0.295 e. The predicted molar refractivity (Wildman–Crippen MR) is 132 cm³/mol. The minimum Gasteiger partial charge on any atom is -0.507 e. The van der Waals surface area contributed by atoms with Crippen molar-refractivity contribution in [3.63, 3.8) is 0 Å². The van der Waals surface area contributed by atoms with Crippen LogP contribution in [0.4, 0.5) is 0 Å². The maximum absolute atomic E-state index is 13.2. The molecule has 1 amide bonds. The van der Waals surface area contributed by atoms with Crippen LogP contribution in [0.15, 0.2) is 72.3 Å². The zero-order chi connectivity index (χ0) is 24.2. The molecule has 0 aliphatic carbocycles. The van der Waals surface area contributed by atoms with Gasteiger partial charge in [-0.05, 0) is 54.8 Å². The molecule has 6 nitrogen and oxygen atoms in total. The van der Waals surface area contributed by atoms with Gasteiger partial charge in [0.1, 0.15) is 11.5 Å². The summed E-state index contributed by atoms with van der Waals surface area (Å²) in [5, 5.41) is 13.3. The number of ketones is 1. The van der Waals surface area contributed by atoms with E-state index in [1.807, 2.05) is 62.4 Å². The molecule has 6 heteroatoms. The molecule has 0 spiro atoms. The maximum Gasteiger partial charge on any atom is 0.295 e. The van der Waals surface area contributed by atoms with Crippen molar-refractivity contribution in [2.45, 2.75) is 32.4 Å². The molecule has 0 bridgehead atoms. The number of hydrogen-bond acceptors (Lipinski definition) is 5. The summed E-state index contributed by atoms with van der Waals surface area (Å²) in [5.74, 6) is -0.810. The molecule has 0 aromatic heterocycles. The number of aliphatic hydroxyl groups excluding tert-OH is 1. The number of methoxy groups -OCH3 is 1. The zero-order valence-electron chi connectivity index (χ0n) is 19.7. The van der Waals surface area contributed by atoms with Gasteiger partial charge < -0.3 is 19.5 Å². The first-order chi connectivity index (χ1) is 16.4. The van der Waals surface area contributed by atoms with Gasteiger partial charge in [-0.25, -0.2) is 0 Å². The number of aliphatic hydroxyl groups is 1. The van der Waals surface area contributed by atoms with E-state index in [9.17, 15) is 14.7 Å². The third kappa shape index (κ3) is 4.68. The van der Waals surface area contributed by atoms with Gasteiger partial charge in [0.15, 0.2) is 0 Å². The number of Topliss-reactive ketones (excluding diaryl/α,β-unsaturated/α-hetero) is 1. The molecule has 176 valence electrons. The van der Waals surface area contributed by atoms with Crippen LogP contribution in [0.5, 0.6) is 5.75 Å². The molecule has 1 heterocycles. The van der Waals surface area contributed by atoms with E-state index in [1.165, 1.54) is 4.90 Å². The minimum absolute atomic E-state index is 0.0840. The van der Waals surface area contributed by atoms with Crippen molar-refractivity contribution >= 4 is 28.2 Å². The maximum atomic E-state index is 13.2. The van der Waals surface area contributed by atoms with E-state index in [0.29, 0.717) is 30.9 Å². The number of likely N-dealkylation sites (tertiary alicyclic amines) is 1. The third-order valence-electron chi connectivity index (χ3n) is 5.99. The van der Waals surface area contributed by atoms with Gasteiger partial charge in [-0.3, -0.25) is 9.59 Å². The fraction of sp³-hybridized carbons (Fsp3) is 0.286. The number of carbonyl (C=O) groups excluding carboxylic acids is 2. The quantitative estimate of drug-likeness (QED) is 0.220. The van der Waals surface area contributed by atoms with Crippen molar-refractivity contribution in [1.82, 2.24) is 4.90 Å². The van der Waals surface area contributed by atoms with E-state index >= 15 is 0 Å². The summed E-state index contributed by atoms with van der Waals surface area (Å²) in [4.78, 5) is 27.8. The van der Waals surface area contributed by atoms with Crippen molar-refractivity contribution in [1.29, 1.82) is 0 Å². The molecule has 4 rings (SSSR count). The molecule has 1 N–H and O–H groups in total. The molecule has 0 saturated carbocycles. The molecule has 3 aromatic carbocycles. The highest BCUT2D eigenvalue weighted by molar-refractivity contribution is 6.46. The van der Waals surface area contributed by atoms with Gasteiger partial charge in [0.25, 0.3) is 11.7 Å². The Morgan fingerprint density at radius 1 is 1.00 bits per heavy atom. The van der Waals surface area contributed by atoms with Gasteiger partial charge >= 0.3 is 0 Å². The minimum atomic E-state index is -0.698. The van der Waals surface area contributed by atoms with Crippen molar-refractivity contribution in [3.8, 4) is 5.75 Å². The lowest BCUT2D eigenvalue weighted by Crippen LogP contribution is -2.31. The lowest BCUT2D eigenvalue weighted by Gasteiger charge is -2.25. The van der Waals surface area contributed by atoms with E-state index in [2.05, 4.69) is 0 Å². The van der Waals surface area contributed by atoms with Crippen LogP contribution in [-0.2, 0) is 14.3 Å². The third-order valence-corrected chi connectivity index (χ3v) is 5.99. The Morgan fingerprint density at radius 2 is 1.71 bits per heavy atom. The van der Waals surface area contributed by atoms with Crippen molar-refractivity contribution in [3.05, 3.63) is 83.4 Å². The van der Waals surface area contributed by atoms with Crippen LogP contribution >= 0.6 is 0 Å². The lowest BCUT2D eigenvalue weighted by molar-refractivity contribution is -0.140. The van der Waals surface area contributed by atoms with Gasteiger partial charge in [0.2, 0.25) is 0 Å². The number of fused-ring (bicyclic) bond motifs is 1. The highest BCUT2D eigenvalue weighted by atomic mass is 16.5. The number of nitrogens with zero attached hydrogens (tertiary/aromatic N) is 1. The van der Waals surface area contributed by atoms with E-state index in [-0.39, 0.29) is 17.4 Å². The molecular formula is C28H29NO5. The Labute approximate surface area is 199 Å². The molecule has 1 aliphatic heterocycles. The summed E-state index contributed by atoms with van der Waals surface area (Å²) >= 11 is 0. The molecule has 1 atom stereocenters. The van der Waals surface area contributed by atoms with E-state index in [1.54, 1.807) is 25.3 Å². The molecule has 1 unspecified atom stereocenters. The van der Waals surface area contributed by atoms with Gasteiger partial charge in [-0.15, -0.1) is 0 Å². The lowest BCUT2D eigenvalue weighted by atomic mass is 9.94. The van der Waals surface area contributed by atoms with Crippen molar-refractivity contribution < 1.29 is 24.2 Å². The number of benzene rings is 3. The highest BCUT2D eigenvalue weighted by Crippen LogP contribution is 2.40. The summed E-state index contributed by atoms with van der Waals surface area (Å²) in [6.45, 7) is 4.71. The Kier molecular flexibility index (Phi) is 6.98. The number of ether oxygens (including phenoxy) is 2. The second kappa shape index (κ2) is 10.1. The standard InChI is InChI=1S/C28H29NO5/c1-18(2)34-16-6-15-29-25(20-11-13-23(33-3)14-12-20)24(27(31)28(29)32)26(30)22-10-9-19-7-4-5-8-21(19)17-22/h4-5,7-14,17-18,25,30H,6,15-16H2,1-3H3/b26-24-. The van der Waals surface area contributed by atoms with Crippen molar-refractivity contribution in [2.75, 3.05) is 20.3 Å². The van der Waals surface area contributed by atoms with Crippen LogP contribution in [0.3, 0.4) is 0 Å². The molecule has 1 saturated heterocycles. The fourth-order valence-electron chi connectivity index (χ4n) is 4.29. The zero-order valence-corrected chi connectivity index (χ0v) is 19.7. The Balaban J connectivity index is 1.77. The van der Waals surface area contributed by atoms with Crippen LogP contribution in [0, 0.1) is 0 Å². The Morgan fingerprint density at radius 3 is 2.38 bits per heavy atom. The number of hydrogen-bond donors (Lipinski definition) is 1. The topological polar surface area (TPSA) is 76.1 Å². The van der Waals surface area contributed by atoms with Gasteiger partial charge in [0.05, 0.1) is 24.8 Å².